The lowest BCUT2D eigenvalue weighted by atomic mass is 10.1. The van der Waals surface area contributed by atoms with Gasteiger partial charge in [-0.25, -0.2) is 4.99 Å². The normalized spacial score (nSPS) is 15.4. The predicted molar refractivity (Wildman–Crippen MR) is 138 cm³/mol. The summed E-state index contributed by atoms with van der Waals surface area (Å²) in [6.45, 7) is 3.95. The van der Waals surface area contributed by atoms with Crippen LogP contribution in [0, 0.1) is 13.8 Å². The van der Waals surface area contributed by atoms with E-state index in [0.717, 1.165) is 28.0 Å². The third-order valence-corrected chi connectivity index (χ3v) is 6.52. The van der Waals surface area contributed by atoms with E-state index < -0.39 is 11.2 Å². The third kappa shape index (κ3) is 5.05. The average Bonchev–Trinajstić information content (AvgIpc) is 3.12. The van der Waals surface area contributed by atoms with Crippen LogP contribution in [0.1, 0.15) is 27.5 Å². The number of carbonyl (C=O) groups is 2. The van der Waals surface area contributed by atoms with E-state index in [1.165, 1.54) is 11.8 Å². The van der Waals surface area contributed by atoms with Crippen LogP contribution >= 0.6 is 11.8 Å². The van der Waals surface area contributed by atoms with Crippen LogP contribution in [0.2, 0.25) is 0 Å². The molecule has 34 heavy (non-hydrogen) atoms. The quantitative estimate of drug-likeness (QED) is 0.512. The van der Waals surface area contributed by atoms with Gasteiger partial charge in [0.25, 0.3) is 5.91 Å². The van der Waals surface area contributed by atoms with Crippen LogP contribution in [-0.4, -0.2) is 24.1 Å². The molecule has 0 aromatic heterocycles. The molecule has 7 heteroatoms. The summed E-state index contributed by atoms with van der Waals surface area (Å²) in [5.74, 6) is -0.0393. The number of amidine groups is 1. The summed E-state index contributed by atoms with van der Waals surface area (Å²) in [5.41, 5.74) is 10.3. The molecule has 0 fully saturated rings. The number of hydrogen-bond acceptors (Lipinski definition) is 5. The molecule has 172 valence electrons. The maximum Gasteiger partial charge on any atom is 0.283 e. The molecule has 1 aliphatic heterocycles. The summed E-state index contributed by atoms with van der Waals surface area (Å²) in [6.07, 6.45) is 1.73. The maximum atomic E-state index is 13.5. The van der Waals surface area contributed by atoms with Crippen molar-refractivity contribution in [3.05, 3.63) is 101 Å². The Hall–Kier alpha value is -3.84. The van der Waals surface area contributed by atoms with Crippen molar-refractivity contribution in [2.45, 2.75) is 19.1 Å². The number of anilines is 1. The summed E-state index contributed by atoms with van der Waals surface area (Å²) in [5, 5.41) is -0.288. The van der Waals surface area contributed by atoms with Gasteiger partial charge in [0.05, 0.1) is 12.8 Å². The Bertz CT molecular complexity index is 1260. The van der Waals surface area contributed by atoms with Crippen LogP contribution in [0.25, 0.3) is 6.08 Å². The Kier molecular flexibility index (Phi) is 6.84. The van der Waals surface area contributed by atoms with Gasteiger partial charge in [-0.05, 0) is 66.4 Å². The Morgan fingerprint density at radius 1 is 1.03 bits per heavy atom. The van der Waals surface area contributed by atoms with Gasteiger partial charge in [0.15, 0.2) is 5.17 Å². The highest BCUT2D eigenvalue weighted by molar-refractivity contribution is 8.15. The molecule has 0 saturated heterocycles. The highest BCUT2D eigenvalue weighted by atomic mass is 32.2. The molecule has 4 rings (SSSR count). The van der Waals surface area contributed by atoms with Gasteiger partial charge >= 0.3 is 0 Å². The zero-order chi connectivity index (χ0) is 24.2. The standard InChI is InChI=1S/C27H25N3O3S/c1-17-13-18(2)15-21(14-17)30-26(32)23(16-19-9-11-22(33-3)12-10-19)29-27(30)34-24(25(28)31)20-7-5-4-6-8-20/h4-16,24H,1-3H3,(H2,28,31)/b23-16-/t24-/m1/s1. The largest absolute Gasteiger partial charge is 0.497 e. The molecule has 3 aromatic rings. The number of methoxy groups -OCH3 is 1. The van der Waals surface area contributed by atoms with Crippen molar-refractivity contribution in [3.8, 4) is 5.75 Å². The number of nitrogens with two attached hydrogens (primary N) is 1. The van der Waals surface area contributed by atoms with E-state index in [4.69, 9.17) is 10.5 Å². The monoisotopic (exact) mass is 471 g/mol. The second-order valence-corrected chi connectivity index (χ2v) is 9.07. The number of aryl methyl sites for hydroxylation is 2. The van der Waals surface area contributed by atoms with Crippen molar-refractivity contribution in [2.75, 3.05) is 12.0 Å². The van der Waals surface area contributed by atoms with Crippen molar-refractivity contribution >= 4 is 40.5 Å². The molecule has 0 radical (unpaired) electrons. The Morgan fingerprint density at radius 3 is 2.26 bits per heavy atom. The van der Waals surface area contributed by atoms with Crippen LogP contribution in [0.15, 0.2) is 83.5 Å². The van der Waals surface area contributed by atoms with Crippen LogP contribution in [0.5, 0.6) is 5.75 Å². The summed E-state index contributed by atoms with van der Waals surface area (Å²) in [7, 11) is 1.60. The smallest absolute Gasteiger partial charge is 0.283 e. The predicted octanol–water partition coefficient (Wildman–Crippen LogP) is 5.02. The number of thioether (sulfide) groups is 1. The lowest BCUT2D eigenvalue weighted by Gasteiger charge is -2.21. The fourth-order valence-corrected chi connectivity index (χ4v) is 4.83. The number of benzene rings is 3. The first-order valence-corrected chi connectivity index (χ1v) is 11.6. The maximum absolute atomic E-state index is 13.5. The summed E-state index contributed by atoms with van der Waals surface area (Å²) >= 11 is 1.17. The minimum Gasteiger partial charge on any atom is -0.497 e. The molecular weight excluding hydrogens is 446 g/mol. The first-order valence-electron chi connectivity index (χ1n) is 10.7. The molecule has 0 unspecified atom stereocenters. The second-order valence-electron chi connectivity index (χ2n) is 7.99. The van der Waals surface area contributed by atoms with E-state index in [1.54, 1.807) is 18.1 Å². The Labute approximate surface area is 203 Å². The zero-order valence-electron chi connectivity index (χ0n) is 19.2. The van der Waals surface area contributed by atoms with Crippen LogP contribution in [0.3, 0.4) is 0 Å². The van der Waals surface area contributed by atoms with Gasteiger partial charge in [-0.1, -0.05) is 60.3 Å². The molecule has 0 saturated carbocycles. The lowest BCUT2D eigenvalue weighted by Crippen LogP contribution is -2.32. The van der Waals surface area contributed by atoms with Gasteiger partial charge in [0.2, 0.25) is 5.91 Å². The zero-order valence-corrected chi connectivity index (χ0v) is 20.0. The molecule has 0 bridgehead atoms. The number of aliphatic imine (C=N–C) groups is 1. The Balaban J connectivity index is 1.77. The van der Waals surface area contributed by atoms with Crippen LogP contribution in [0.4, 0.5) is 5.69 Å². The molecule has 2 amide bonds. The van der Waals surface area contributed by atoms with Crippen LogP contribution < -0.4 is 15.4 Å². The number of nitrogens with zero attached hydrogens (tertiary/aromatic N) is 2. The van der Waals surface area contributed by atoms with Gasteiger partial charge in [-0.15, -0.1) is 0 Å². The minimum absolute atomic E-state index is 0.264. The van der Waals surface area contributed by atoms with E-state index in [1.807, 2.05) is 86.6 Å². The number of carbonyl (C=O) groups excluding carboxylic acids is 2. The second kappa shape index (κ2) is 9.97. The molecule has 0 aliphatic carbocycles. The number of primary amides is 1. The molecule has 1 heterocycles. The highest BCUT2D eigenvalue weighted by Gasteiger charge is 2.35. The third-order valence-electron chi connectivity index (χ3n) is 5.30. The van der Waals surface area contributed by atoms with Gasteiger partial charge in [-0.2, -0.15) is 0 Å². The fraction of sp³-hybridized carbons (Fsp3) is 0.148. The summed E-state index contributed by atoms with van der Waals surface area (Å²) in [6, 6.07) is 22.5. The van der Waals surface area contributed by atoms with E-state index in [2.05, 4.69) is 4.99 Å². The van der Waals surface area contributed by atoms with Crippen molar-refractivity contribution < 1.29 is 14.3 Å². The summed E-state index contributed by atoms with van der Waals surface area (Å²) < 4.78 is 5.21. The SMILES string of the molecule is COc1ccc(/C=C2\N=C(S[C@@H](C(N)=O)c3ccccc3)N(c3cc(C)cc(C)c3)C2=O)cc1. The van der Waals surface area contributed by atoms with Crippen molar-refractivity contribution in [1.82, 2.24) is 0 Å². The van der Waals surface area contributed by atoms with Crippen molar-refractivity contribution in [1.29, 1.82) is 0 Å². The highest BCUT2D eigenvalue weighted by Crippen LogP contribution is 2.37. The molecule has 6 nitrogen and oxygen atoms in total. The minimum atomic E-state index is -0.693. The molecule has 3 aromatic carbocycles. The number of amides is 2. The Morgan fingerprint density at radius 2 is 1.68 bits per heavy atom. The van der Waals surface area contributed by atoms with Gasteiger partial charge in [0, 0.05) is 0 Å². The molecule has 0 spiro atoms. The van der Waals surface area contributed by atoms with Gasteiger partial charge in [-0.3, -0.25) is 14.5 Å². The molecular formula is C27H25N3O3S. The van der Waals surface area contributed by atoms with E-state index in [0.29, 0.717) is 10.9 Å². The van der Waals surface area contributed by atoms with Gasteiger partial charge < -0.3 is 10.5 Å². The lowest BCUT2D eigenvalue weighted by molar-refractivity contribution is -0.117. The number of hydrogen-bond donors (Lipinski definition) is 1. The van der Waals surface area contributed by atoms with E-state index >= 15 is 0 Å². The van der Waals surface area contributed by atoms with Gasteiger partial charge in [0.1, 0.15) is 16.7 Å². The average molecular weight is 472 g/mol. The fourth-order valence-electron chi connectivity index (χ4n) is 3.76. The molecule has 2 N–H and O–H groups in total. The van der Waals surface area contributed by atoms with Crippen molar-refractivity contribution in [2.24, 2.45) is 10.7 Å². The summed E-state index contributed by atoms with van der Waals surface area (Å²) in [4.78, 5) is 32.1. The molecule has 1 atom stereocenters. The topological polar surface area (TPSA) is 85.0 Å². The first kappa shape index (κ1) is 23.3. The number of ether oxygens (including phenoxy) is 1. The van der Waals surface area contributed by atoms with Crippen molar-refractivity contribution in [3.63, 3.8) is 0 Å². The van der Waals surface area contributed by atoms with E-state index in [9.17, 15) is 9.59 Å². The number of rotatable bonds is 6. The first-order chi connectivity index (χ1) is 16.4. The molecule has 1 aliphatic rings. The van der Waals surface area contributed by atoms with Crippen LogP contribution in [-0.2, 0) is 9.59 Å². The van der Waals surface area contributed by atoms with E-state index in [-0.39, 0.29) is 11.6 Å².